The van der Waals surface area contributed by atoms with Crippen LogP contribution in [-0.2, 0) is 4.79 Å². The van der Waals surface area contributed by atoms with Gasteiger partial charge in [0.15, 0.2) is 5.11 Å². The number of ether oxygens (including phenoxy) is 1. The number of aryl methyl sites for hydroxylation is 2. The molecule has 0 spiro atoms. The zero-order valence-electron chi connectivity index (χ0n) is 22.9. The quantitative estimate of drug-likeness (QED) is 0.236. The van der Waals surface area contributed by atoms with Gasteiger partial charge in [0, 0.05) is 41.3 Å². The average molecular weight is 574 g/mol. The van der Waals surface area contributed by atoms with E-state index < -0.39 is 0 Å². The highest BCUT2D eigenvalue weighted by molar-refractivity contribution is 7.80. The van der Waals surface area contributed by atoms with Crippen LogP contribution in [0.15, 0.2) is 72.9 Å². The Morgan fingerprint density at radius 1 is 1.10 bits per heavy atom. The van der Waals surface area contributed by atoms with E-state index in [4.69, 9.17) is 28.6 Å². The van der Waals surface area contributed by atoms with E-state index in [2.05, 4.69) is 45.0 Å². The number of hydrogen-bond acceptors (Lipinski definition) is 4. The fourth-order valence-corrected chi connectivity index (χ4v) is 5.95. The second kappa shape index (κ2) is 11.7. The van der Waals surface area contributed by atoms with Gasteiger partial charge in [-0.2, -0.15) is 0 Å². The number of anilines is 1. The lowest BCUT2D eigenvalue weighted by Crippen LogP contribution is -2.32. The predicted molar refractivity (Wildman–Crippen MR) is 163 cm³/mol. The number of thiocarbonyl (C=S) groups is 1. The molecule has 4 aromatic rings. The maximum atomic E-state index is 13.0. The average Bonchev–Trinajstić information content (AvgIpc) is 3.42. The third-order valence-electron chi connectivity index (χ3n) is 7.25. The summed E-state index contributed by atoms with van der Waals surface area (Å²) >= 11 is 12.2. The van der Waals surface area contributed by atoms with Gasteiger partial charge in [0.05, 0.1) is 30.6 Å². The number of methoxy groups -OCH3 is 1. The minimum atomic E-state index is -0.191. The first kappa shape index (κ1) is 27.7. The predicted octanol–water partition coefficient (Wildman–Crippen LogP) is 6.46. The van der Waals surface area contributed by atoms with Gasteiger partial charge in [-0.1, -0.05) is 29.8 Å². The number of nitrogens with zero attached hydrogens (tertiary/aromatic N) is 3. The van der Waals surface area contributed by atoms with E-state index in [1.807, 2.05) is 67.6 Å². The lowest BCUT2D eigenvalue weighted by Gasteiger charge is -2.28. The van der Waals surface area contributed by atoms with Crippen LogP contribution < -0.4 is 15.4 Å². The number of benzene rings is 2. The molecule has 1 aliphatic heterocycles. The molecule has 9 heteroatoms. The van der Waals surface area contributed by atoms with Crippen LogP contribution in [0.3, 0.4) is 0 Å². The molecule has 7 nitrogen and oxygen atoms in total. The third kappa shape index (κ3) is 5.55. The standard InChI is InChI=1S/C31H32ClN5O2S/c1-19-8-7-9-23(16-19)34-28(38)13-15-36-30(29(35-31(36)40)25-10-5-6-14-33-25)24-17-20(2)37(21(24)3)26-18-22(32)11-12-27(26)39-4/h5-12,14,16-18,29-30H,13,15H2,1-4H3,(H,34,38)(H,35,40)/t29-,30-/m0/s1. The van der Waals surface area contributed by atoms with Crippen molar-refractivity contribution in [2.75, 3.05) is 19.0 Å². The molecule has 3 heterocycles. The molecule has 40 heavy (non-hydrogen) atoms. The Morgan fingerprint density at radius 2 is 1.93 bits per heavy atom. The van der Waals surface area contributed by atoms with Gasteiger partial charge in [0.25, 0.3) is 0 Å². The summed E-state index contributed by atoms with van der Waals surface area (Å²) in [5, 5.41) is 7.71. The maximum Gasteiger partial charge on any atom is 0.226 e. The first-order chi connectivity index (χ1) is 19.3. The van der Waals surface area contributed by atoms with Crippen LogP contribution in [-0.4, -0.2) is 39.1 Å². The summed E-state index contributed by atoms with van der Waals surface area (Å²) in [4.78, 5) is 19.7. The summed E-state index contributed by atoms with van der Waals surface area (Å²) in [5.74, 6) is 0.659. The second-order valence-electron chi connectivity index (χ2n) is 9.97. The number of amides is 1. The van der Waals surface area contributed by atoms with Crippen LogP contribution in [0.5, 0.6) is 5.75 Å². The molecule has 2 aromatic carbocycles. The Bertz CT molecular complexity index is 1550. The van der Waals surface area contributed by atoms with Crippen molar-refractivity contribution in [3.8, 4) is 11.4 Å². The smallest absolute Gasteiger partial charge is 0.226 e. The number of carbonyl (C=O) groups is 1. The lowest BCUT2D eigenvalue weighted by atomic mass is 9.96. The van der Waals surface area contributed by atoms with Crippen molar-refractivity contribution < 1.29 is 9.53 Å². The van der Waals surface area contributed by atoms with Crippen molar-refractivity contribution >= 4 is 40.5 Å². The normalized spacial score (nSPS) is 16.6. The van der Waals surface area contributed by atoms with E-state index in [0.29, 0.717) is 16.7 Å². The number of pyridine rings is 1. The summed E-state index contributed by atoms with van der Waals surface area (Å²) in [6.45, 7) is 6.60. The fourth-order valence-electron chi connectivity index (χ4n) is 5.45. The molecule has 2 N–H and O–H groups in total. The Morgan fingerprint density at radius 3 is 2.65 bits per heavy atom. The maximum absolute atomic E-state index is 13.0. The fraction of sp³-hybridized carbons (Fsp3) is 0.258. The summed E-state index contributed by atoms with van der Waals surface area (Å²) < 4.78 is 7.82. The Labute approximate surface area is 245 Å². The molecule has 206 valence electrons. The Hall–Kier alpha value is -3.88. The van der Waals surface area contributed by atoms with Gasteiger partial charge in [-0.05, 0) is 92.6 Å². The first-order valence-corrected chi connectivity index (χ1v) is 13.9. The van der Waals surface area contributed by atoms with Crippen LogP contribution in [0.2, 0.25) is 5.02 Å². The van der Waals surface area contributed by atoms with Crippen molar-refractivity contribution in [3.05, 3.63) is 106 Å². The van der Waals surface area contributed by atoms with Gasteiger partial charge in [-0.15, -0.1) is 0 Å². The Kier molecular flexibility index (Phi) is 8.09. The molecule has 0 aliphatic carbocycles. The molecule has 1 amide bonds. The minimum absolute atomic E-state index is 0.0671. The number of hydrogen-bond donors (Lipinski definition) is 2. The monoisotopic (exact) mass is 573 g/mol. The van der Waals surface area contributed by atoms with E-state index in [0.717, 1.165) is 45.3 Å². The van der Waals surface area contributed by atoms with Gasteiger partial charge in [0.1, 0.15) is 5.75 Å². The van der Waals surface area contributed by atoms with Crippen LogP contribution in [0.25, 0.3) is 5.69 Å². The third-order valence-corrected chi connectivity index (χ3v) is 7.84. The summed E-state index contributed by atoms with van der Waals surface area (Å²) in [7, 11) is 1.65. The van der Waals surface area contributed by atoms with Gasteiger partial charge < -0.3 is 24.8 Å². The van der Waals surface area contributed by atoms with Gasteiger partial charge in [0.2, 0.25) is 5.91 Å². The van der Waals surface area contributed by atoms with E-state index >= 15 is 0 Å². The number of nitrogens with one attached hydrogen (secondary N) is 2. The van der Waals surface area contributed by atoms with Crippen molar-refractivity contribution in [1.29, 1.82) is 0 Å². The van der Waals surface area contributed by atoms with E-state index in [1.165, 1.54) is 0 Å². The van der Waals surface area contributed by atoms with Crippen molar-refractivity contribution in [3.63, 3.8) is 0 Å². The van der Waals surface area contributed by atoms with Crippen LogP contribution in [0.1, 0.15) is 46.7 Å². The van der Waals surface area contributed by atoms with Gasteiger partial charge >= 0.3 is 0 Å². The molecule has 0 unspecified atom stereocenters. The molecule has 5 rings (SSSR count). The molecule has 1 aliphatic rings. The zero-order chi connectivity index (χ0) is 28.4. The number of carbonyl (C=O) groups excluding carboxylic acids is 1. The van der Waals surface area contributed by atoms with Gasteiger partial charge in [-0.25, -0.2) is 0 Å². The number of halogens is 1. The van der Waals surface area contributed by atoms with Gasteiger partial charge in [-0.3, -0.25) is 9.78 Å². The van der Waals surface area contributed by atoms with Crippen molar-refractivity contribution in [2.45, 2.75) is 39.3 Å². The molecule has 0 bridgehead atoms. The van der Waals surface area contributed by atoms with E-state index in [9.17, 15) is 4.79 Å². The van der Waals surface area contributed by atoms with E-state index in [1.54, 1.807) is 13.3 Å². The minimum Gasteiger partial charge on any atom is -0.495 e. The zero-order valence-corrected chi connectivity index (χ0v) is 24.5. The van der Waals surface area contributed by atoms with Crippen LogP contribution in [0.4, 0.5) is 5.69 Å². The molecule has 1 saturated heterocycles. The number of rotatable bonds is 8. The molecule has 0 saturated carbocycles. The van der Waals surface area contributed by atoms with Crippen LogP contribution >= 0.6 is 23.8 Å². The summed E-state index contributed by atoms with van der Waals surface area (Å²) in [6, 6.07) is 21.1. The lowest BCUT2D eigenvalue weighted by molar-refractivity contribution is -0.116. The molecule has 2 atom stereocenters. The van der Waals surface area contributed by atoms with Crippen molar-refractivity contribution in [1.82, 2.24) is 19.8 Å². The summed E-state index contributed by atoms with van der Waals surface area (Å²) in [5.41, 5.74) is 6.77. The highest BCUT2D eigenvalue weighted by Gasteiger charge is 2.41. The van der Waals surface area contributed by atoms with Crippen LogP contribution in [0, 0.1) is 20.8 Å². The second-order valence-corrected chi connectivity index (χ2v) is 10.8. The highest BCUT2D eigenvalue weighted by Crippen LogP contribution is 2.42. The molecular formula is C31H32ClN5O2S. The topological polar surface area (TPSA) is 71.4 Å². The van der Waals surface area contributed by atoms with E-state index in [-0.39, 0.29) is 24.4 Å². The van der Waals surface area contributed by atoms with Crippen molar-refractivity contribution in [2.24, 2.45) is 0 Å². The highest BCUT2D eigenvalue weighted by atomic mass is 35.5. The Balaban J connectivity index is 1.50. The summed E-state index contributed by atoms with van der Waals surface area (Å²) in [6.07, 6.45) is 2.07. The molecule has 1 fully saturated rings. The largest absolute Gasteiger partial charge is 0.495 e. The first-order valence-electron chi connectivity index (χ1n) is 13.1. The molecule has 0 radical (unpaired) electrons. The molecule has 2 aromatic heterocycles. The number of aromatic nitrogens is 2. The SMILES string of the molecule is COc1ccc(Cl)cc1-n1c(C)cc([C@H]2[C@H](c3ccccn3)NC(=S)N2CCC(=O)Nc2cccc(C)c2)c1C. The molecular weight excluding hydrogens is 542 g/mol.